The van der Waals surface area contributed by atoms with E-state index in [1.54, 1.807) is 13.8 Å². The summed E-state index contributed by atoms with van der Waals surface area (Å²) in [5.41, 5.74) is 2.55. The second-order valence-corrected chi connectivity index (χ2v) is 5.56. The molecule has 0 spiro atoms. The van der Waals surface area contributed by atoms with Gasteiger partial charge in [-0.2, -0.15) is 8.42 Å². The molecule has 0 aliphatic rings. The summed E-state index contributed by atoms with van der Waals surface area (Å²) >= 11 is 0. The number of rotatable bonds is 4. The Morgan fingerprint density at radius 3 is 2.06 bits per heavy atom. The third kappa shape index (κ3) is 2.83. The van der Waals surface area contributed by atoms with Crippen LogP contribution >= 0.6 is 0 Å². The van der Waals surface area contributed by atoms with Gasteiger partial charge in [0, 0.05) is 0 Å². The molecule has 0 saturated carbocycles. The zero-order valence-corrected chi connectivity index (χ0v) is 11.0. The van der Waals surface area contributed by atoms with E-state index in [9.17, 15) is 8.42 Å². The predicted molar refractivity (Wildman–Crippen MR) is 64.1 cm³/mol. The minimum Gasteiger partial charge on any atom is -0.266 e. The van der Waals surface area contributed by atoms with E-state index in [4.69, 9.17) is 4.18 Å². The molecule has 0 radical (unpaired) electrons. The lowest BCUT2D eigenvalue weighted by molar-refractivity contribution is 0.317. The Labute approximate surface area is 97.6 Å². The molecule has 0 N–H and O–H groups in total. The second kappa shape index (κ2) is 4.97. The molecule has 0 fully saturated rings. The smallest absolute Gasteiger partial charge is 0.266 e. The van der Waals surface area contributed by atoms with Gasteiger partial charge in [0.05, 0.1) is 11.5 Å². The van der Waals surface area contributed by atoms with E-state index in [2.05, 4.69) is 0 Å². The molecule has 1 aromatic carbocycles. The van der Waals surface area contributed by atoms with Crippen LogP contribution in [0.15, 0.2) is 17.0 Å². The number of benzene rings is 1. The summed E-state index contributed by atoms with van der Waals surface area (Å²) in [7, 11) is -3.60. The molecule has 0 bridgehead atoms. The van der Waals surface area contributed by atoms with Crippen LogP contribution in [0.2, 0.25) is 0 Å². The largest absolute Gasteiger partial charge is 0.297 e. The fraction of sp³-hybridized carbons (Fsp3) is 0.500. The molecule has 0 aliphatic heterocycles. The molecule has 0 aliphatic carbocycles. The molecule has 1 rings (SSSR count). The van der Waals surface area contributed by atoms with Gasteiger partial charge in [-0.15, -0.1) is 0 Å². The molecule has 0 heterocycles. The third-order valence-electron chi connectivity index (χ3n) is 2.30. The SMILES string of the molecule is CCCOS(=O)(=O)c1c(C)cc(C)cc1C. The zero-order chi connectivity index (χ0) is 12.3. The normalized spacial score (nSPS) is 11.8. The average Bonchev–Trinajstić information content (AvgIpc) is 2.12. The van der Waals surface area contributed by atoms with Crippen molar-refractivity contribution in [2.24, 2.45) is 0 Å². The van der Waals surface area contributed by atoms with Crippen molar-refractivity contribution in [1.82, 2.24) is 0 Å². The molecule has 1 aromatic rings. The molecular formula is C12H18O3S. The van der Waals surface area contributed by atoms with Gasteiger partial charge in [0.2, 0.25) is 0 Å². The first-order valence-corrected chi connectivity index (χ1v) is 6.76. The molecule has 0 amide bonds. The minimum atomic E-state index is -3.60. The van der Waals surface area contributed by atoms with E-state index in [0.717, 1.165) is 16.7 Å². The monoisotopic (exact) mass is 242 g/mol. The lowest BCUT2D eigenvalue weighted by Gasteiger charge is -2.11. The van der Waals surface area contributed by atoms with Crippen molar-refractivity contribution in [2.45, 2.75) is 39.0 Å². The maximum absolute atomic E-state index is 11.9. The molecule has 0 saturated heterocycles. The quantitative estimate of drug-likeness (QED) is 0.762. The maximum atomic E-state index is 11.9. The first-order valence-electron chi connectivity index (χ1n) is 5.35. The Bertz CT molecular complexity index is 452. The van der Waals surface area contributed by atoms with Gasteiger partial charge in [-0.1, -0.05) is 24.6 Å². The summed E-state index contributed by atoms with van der Waals surface area (Å²) in [6.07, 6.45) is 0.684. The Hall–Kier alpha value is -0.870. The number of hydrogen-bond acceptors (Lipinski definition) is 3. The molecule has 90 valence electrons. The van der Waals surface area contributed by atoms with Gasteiger partial charge in [-0.05, 0) is 38.3 Å². The van der Waals surface area contributed by atoms with Crippen molar-refractivity contribution in [1.29, 1.82) is 0 Å². The van der Waals surface area contributed by atoms with E-state index in [1.807, 2.05) is 26.0 Å². The van der Waals surface area contributed by atoms with Crippen LogP contribution in [0.25, 0.3) is 0 Å². The third-order valence-corrected chi connectivity index (χ3v) is 3.92. The lowest BCUT2D eigenvalue weighted by Crippen LogP contribution is -2.10. The average molecular weight is 242 g/mol. The fourth-order valence-electron chi connectivity index (χ4n) is 1.81. The van der Waals surface area contributed by atoms with Crippen molar-refractivity contribution >= 4 is 10.1 Å². The molecule has 3 nitrogen and oxygen atoms in total. The van der Waals surface area contributed by atoms with Crippen LogP contribution in [0.1, 0.15) is 30.0 Å². The van der Waals surface area contributed by atoms with Gasteiger partial charge in [-0.25, -0.2) is 0 Å². The Morgan fingerprint density at radius 1 is 1.12 bits per heavy atom. The van der Waals surface area contributed by atoms with E-state index in [0.29, 0.717) is 11.3 Å². The summed E-state index contributed by atoms with van der Waals surface area (Å²) < 4.78 is 28.8. The van der Waals surface area contributed by atoms with Crippen molar-refractivity contribution in [3.63, 3.8) is 0 Å². The van der Waals surface area contributed by atoms with Gasteiger partial charge in [0.25, 0.3) is 10.1 Å². The van der Waals surface area contributed by atoms with Gasteiger partial charge in [-0.3, -0.25) is 4.18 Å². The highest BCUT2D eigenvalue weighted by Gasteiger charge is 2.20. The van der Waals surface area contributed by atoms with Crippen LogP contribution < -0.4 is 0 Å². The second-order valence-electron chi connectivity index (χ2n) is 4.00. The fourth-order valence-corrected chi connectivity index (χ4v) is 3.22. The zero-order valence-electron chi connectivity index (χ0n) is 10.2. The highest BCUT2D eigenvalue weighted by atomic mass is 32.2. The van der Waals surface area contributed by atoms with Gasteiger partial charge in [0.1, 0.15) is 0 Å². The van der Waals surface area contributed by atoms with Crippen LogP contribution in [0.5, 0.6) is 0 Å². The van der Waals surface area contributed by atoms with E-state index in [-0.39, 0.29) is 6.61 Å². The van der Waals surface area contributed by atoms with Crippen LogP contribution in [0.3, 0.4) is 0 Å². The highest BCUT2D eigenvalue weighted by Crippen LogP contribution is 2.23. The summed E-state index contributed by atoms with van der Waals surface area (Å²) in [4.78, 5) is 0.312. The summed E-state index contributed by atoms with van der Waals surface area (Å²) in [6, 6.07) is 3.71. The summed E-state index contributed by atoms with van der Waals surface area (Å²) in [5, 5.41) is 0. The standard InChI is InChI=1S/C12H18O3S/c1-5-6-15-16(13,14)12-10(3)7-9(2)8-11(12)4/h7-8H,5-6H2,1-4H3. The van der Waals surface area contributed by atoms with Crippen molar-refractivity contribution in [3.05, 3.63) is 28.8 Å². The molecule has 4 heteroatoms. The summed E-state index contributed by atoms with van der Waals surface area (Å²) in [5.74, 6) is 0. The number of aryl methyl sites for hydroxylation is 3. The Morgan fingerprint density at radius 2 is 1.62 bits per heavy atom. The summed E-state index contributed by atoms with van der Waals surface area (Å²) in [6.45, 7) is 7.65. The van der Waals surface area contributed by atoms with Gasteiger partial charge >= 0.3 is 0 Å². The molecule has 0 unspecified atom stereocenters. The highest BCUT2D eigenvalue weighted by molar-refractivity contribution is 7.86. The van der Waals surface area contributed by atoms with Crippen molar-refractivity contribution in [2.75, 3.05) is 6.61 Å². The van der Waals surface area contributed by atoms with Gasteiger partial charge < -0.3 is 0 Å². The van der Waals surface area contributed by atoms with E-state index >= 15 is 0 Å². The Balaban J connectivity index is 3.23. The van der Waals surface area contributed by atoms with Gasteiger partial charge in [0.15, 0.2) is 0 Å². The molecular weight excluding hydrogens is 224 g/mol. The van der Waals surface area contributed by atoms with E-state index < -0.39 is 10.1 Å². The van der Waals surface area contributed by atoms with Crippen LogP contribution in [-0.4, -0.2) is 15.0 Å². The maximum Gasteiger partial charge on any atom is 0.297 e. The lowest BCUT2D eigenvalue weighted by atomic mass is 10.1. The first-order chi connectivity index (χ1) is 7.38. The molecule has 16 heavy (non-hydrogen) atoms. The van der Waals surface area contributed by atoms with Crippen molar-refractivity contribution < 1.29 is 12.6 Å². The minimum absolute atomic E-state index is 0.231. The number of hydrogen-bond donors (Lipinski definition) is 0. The van der Waals surface area contributed by atoms with Crippen LogP contribution in [0, 0.1) is 20.8 Å². The topological polar surface area (TPSA) is 43.4 Å². The van der Waals surface area contributed by atoms with Crippen LogP contribution in [0.4, 0.5) is 0 Å². The first kappa shape index (κ1) is 13.2. The van der Waals surface area contributed by atoms with E-state index in [1.165, 1.54) is 0 Å². The molecule has 0 aromatic heterocycles. The Kier molecular flexibility index (Phi) is 4.10. The predicted octanol–water partition coefficient (Wildman–Crippen LogP) is 2.73. The molecule has 0 atom stereocenters. The van der Waals surface area contributed by atoms with Crippen LogP contribution in [-0.2, 0) is 14.3 Å². The van der Waals surface area contributed by atoms with Crippen molar-refractivity contribution in [3.8, 4) is 0 Å².